The van der Waals surface area contributed by atoms with Crippen LogP contribution in [0.3, 0.4) is 0 Å². The maximum atomic E-state index is 14.0. The van der Waals surface area contributed by atoms with Gasteiger partial charge in [0.25, 0.3) is 0 Å². The number of nitrogens with two attached hydrogens (primary N) is 1. The maximum absolute atomic E-state index is 14.0. The van der Waals surface area contributed by atoms with Crippen molar-refractivity contribution in [1.29, 1.82) is 0 Å². The first kappa shape index (κ1) is 28.2. The molecule has 1 unspecified atom stereocenters. The summed E-state index contributed by atoms with van der Waals surface area (Å²) in [4.78, 5) is 27.7. The third kappa shape index (κ3) is 7.11. The Morgan fingerprint density at radius 2 is 1.81 bits per heavy atom. The Kier molecular flexibility index (Phi) is 9.72. The molecule has 1 aliphatic carbocycles. The van der Waals surface area contributed by atoms with Crippen molar-refractivity contribution >= 4 is 11.8 Å². The van der Waals surface area contributed by atoms with Crippen LogP contribution in [-0.4, -0.2) is 48.1 Å². The predicted octanol–water partition coefficient (Wildman–Crippen LogP) is 3.50. The van der Waals surface area contributed by atoms with E-state index in [1.54, 1.807) is 30.2 Å². The second-order valence-electron chi connectivity index (χ2n) is 9.63. The van der Waals surface area contributed by atoms with Crippen molar-refractivity contribution in [2.75, 3.05) is 20.1 Å². The van der Waals surface area contributed by atoms with E-state index in [1.165, 1.54) is 12.1 Å². The molecule has 198 valence electrons. The first-order valence-electron chi connectivity index (χ1n) is 12.5. The molecule has 3 rings (SSSR count). The van der Waals surface area contributed by atoms with E-state index in [2.05, 4.69) is 5.32 Å². The number of likely N-dealkylation sites (N-methyl/N-ethyl adjacent to an activating group) is 1. The molecular weight excluding hydrogens is 476 g/mol. The topological polar surface area (TPSA) is 95.7 Å². The Morgan fingerprint density at radius 1 is 1.14 bits per heavy atom. The van der Waals surface area contributed by atoms with Crippen molar-refractivity contribution < 1.29 is 23.5 Å². The van der Waals surface area contributed by atoms with Crippen molar-refractivity contribution in [2.24, 2.45) is 17.1 Å². The van der Waals surface area contributed by atoms with Crippen LogP contribution < -0.4 is 11.1 Å². The lowest BCUT2D eigenvalue weighted by molar-refractivity contribution is -0.131. The van der Waals surface area contributed by atoms with Crippen molar-refractivity contribution in [1.82, 2.24) is 10.2 Å². The van der Waals surface area contributed by atoms with Crippen molar-refractivity contribution in [3.8, 4) is 0 Å². The molecule has 0 spiro atoms. The van der Waals surface area contributed by atoms with Gasteiger partial charge in [-0.25, -0.2) is 8.78 Å². The van der Waals surface area contributed by atoms with Gasteiger partial charge in [0, 0.05) is 44.2 Å². The summed E-state index contributed by atoms with van der Waals surface area (Å²) < 4.78 is 28.0. The van der Waals surface area contributed by atoms with Gasteiger partial charge in [-0.3, -0.25) is 9.59 Å². The highest BCUT2D eigenvalue weighted by Crippen LogP contribution is 2.43. The Hall–Kier alpha value is -3.36. The normalized spacial score (nSPS) is 18.7. The number of allylic oxidation sites excluding steroid dienone is 2. The number of halogens is 2. The Bertz CT molecular complexity index is 1130. The number of aliphatic hydroxyl groups is 1. The van der Waals surface area contributed by atoms with Gasteiger partial charge in [-0.05, 0) is 42.5 Å². The minimum absolute atomic E-state index is 0.0239. The van der Waals surface area contributed by atoms with Crippen molar-refractivity contribution in [2.45, 2.75) is 38.8 Å². The summed E-state index contributed by atoms with van der Waals surface area (Å²) >= 11 is 0. The number of hydrogen-bond acceptors (Lipinski definition) is 4. The number of nitrogens with one attached hydrogen (secondary N) is 1. The highest BCUT2D eigenvalue weighted by atomic mass is 19.1. The smallest absolute Gasteiger partial charge is 0.249 e. The summed E-state index contributed by atoms with van der Waals surface area (Å²) in [5, 5.41) is 14.6. The highest BCUT2D eigenvalue weighted by molar-refractivity contribution is 5.96. The molecule has 2 amide bonds. The number of nitrogens with zero attached hydrogens (tertiary/aromatic N) is 1. The zero-order valence-electron chi connectivity index (χ0n) is 21.3. The Labute approximate surface area is 216 Å². The lowest BCUT2D eigenvalue weighted by Crippen LogP contribution is -2.51. The number of carbonyl (C=O) groups is 2. The zero-order valence-corrected chi connectivity index (χ0v) is 21.3. The van der Waals surface area contributed by atoms with Gasteiger partial charge in [0.15, 0.2) is 0 Å². The molecule has 8 heteroatoms. The molecule has 0 heterocycles. The monoisotopic (exact) mass is 511 g/mol. The fourth-order valence-corrected chi connectivity index (χ4v) is 4.95. The average molecular weight is 512 g/mol. The number of carbonyl (C=O) groups excluding carboxylic acids is 2. The Balaban J connectivity index is 1.92. The fourth-order valence-electron chi connectivity index (χ4n) is 4.95. The quantitative estimate of drug-likeness (QED) is 0.407. The van der Waals surface area contributed by atoms with Crippen molar-refractivity contribution in [3.63, 3.8) is 0 Å². The van der Waals surface area contributed by atoms with Crippen LogP contribution in [0, 0.1) is 23.0 Å². The van der Waals surface area contributed by atoms with E-state index in [0.717, 1.165) is 18.1 Å². The minimum Gasteiger partial charge on any atom is -0.391 e. The lowest BCUT2D eigenvalue weighted by Gasteiger charge is -2.41. The molecule has 2 aromatic rings. The molecule has 0 bridgehead atoms. The molecule has 1 aliphatic rings. The van der Waals surface area contributed by atoms with Gasteiger partial charge in [-0.1, -0.05) is 55.5 Å². The lowest BCUT2D eigenvalue weighted by atomic mass is 9.64. The number of rotatable bonds is 12. The molecule has 37 heavy (non-hydrogen) atoms. The number of amides is 2. The van der Waals surface area contributed by atoms with E-state index >= 15 is 0 Å². The van der Waals surface area contributed by atoms with Crippen LogP contribution in [0.2, 0.25) is 0 Å². The summed E-state index contributed by atoms with van der Waals surface area (Å²) in [6, 6.07) is 12.7. The van der Waals surface area contributed by atoms with Gasteiger partial charge in [0.1, 0.15) is 11.6 Å². The molecule has 0 fully saturated rings. The van der Waals surface area contributed by atoms with E-state index in [1.807, 2.05) is 37.3 Å². The van der Waals surface area contributed by atoms with E-state index in [4.69, 9.17) is 5.73 Å². The van der Waals surface area contributed by atoms with Gasteiger partial charge in [0.2, 0.25) is 11.8 Å². The van der Waals surface area contributed by atoms with Gasteiger partial charge < -0.3 is 21.1 Å². The second-order valence-corrected chi connectivity index (χ2v) is 9.63. The molecule has 0 aromatic heterocycles. The van der Waals surface area contributed by atoms with Gasteiger partial charge in [-0.15, -0.1) is 0 Å². The molecule has 3 atom stereocenters. The van der Waals surface area contributed by atoms with Gasteiger partial charge in [0.05, 0.1) is 11.5 Å². The predicted molar refractivity (Wildman–Crippen MR) is 139 cm³/mol. The van der Waals surface area contributed by atoms with Crippen LogP contribution in [0.1, 0.15) is 30.9 Å². The third-order valence-electron chi connectivity index (χ3n) is 6.84. The van der Waals surface area contributed by atoms with E-state index in [-0.39, 0.29) is 30.9 Å². The van der Waals surface area contributed by atoms with E-state index in [9.17, 15) is 23.5 Å². The first-order chi connectivity index (χ1) is 17.7. The number of benzene rings is 2. The molecular formula is C29H35F2N3O3. The molecule has 0 saturated carbocycles. The second kappa shape index (κ2) is 12.7. The number of aliphatic hydroxyl groups excluding tert-OH is 1. The molecule has 2 aromatic carbocycles. The number of primary amides is 1. The molecule has 0 radical (unpaired) electrons. The maximum Gasteiger partial charge on any atom is 0.249 e. The SMILES string of the molecule is CCCN(C)C(=O)C1=CC=CC(C(N)=O)([C@H](Cc2cc(F)cc(F)c2)[C@@H](O)CNCc2ccccc2)C1. The van der Waals surface area contributed by atoms with Crippen LogP contribution in [0.25, 0.3) is 0 Å². The van der Waals surface area contributed by atoms with Crippen LogP contribution >= 0.6 is 0 Å². The first-order valence-corrected chi connectivity index (χ1v) is 12.5. The fraction of sp³-hybridized carbons (Fsp3) is 0.379. The summed E-state index contributed by atoms with van der Waals surface area (Å²) in [6.07, 6.45) is 4.46. The molecule has 4 N–H and O–H groups in total. The molecule has 6 nitrogen and oxygen atoms in total. The zero-order chi connectivity index (χ0) is 27.0. The summed E-state index contributed by atoms with van der Waals surface area (Å²) in [6.45, 7) is 3.08. The standard InChI is InChI=1S/C29H35F2N3O3/c1-3-12-34(2)27(36)22-10-7-11-29(17-22,28(32)37)25(15-21-13-23(30)16-24(31)14-21)26(35)19-33-18-20-8-5-4-6-9-20/h4-11,13-14,16,25-26,33,35H,3,12,15,17-19H2,1-2H3,(H2,32,37)/t25-,26+,29?/m1/s1. The van der Waals surface area contributed by atoms with Crippen molar-refractivity contribution in [3.05, 3.63) is 95.1 Å². The van der Waals surface area contributed by atoms with Gasteiger partial charge in [-0.2, -0.15) is 0 Å². The van der Waals surface area contributed by atoms with Crippen LogP contribution in [-0.2, 0) is 22.6 Å². The van der Waals surface area contributed by atoms with E-state index in [0.29, 0.717) is 18.7 Å². The average Bonchev–Trinajstić information content (AvgIpc) is 2.87. The molecule has 0 saturated heterocycles. The van der Waals surface area contributed by atoms with E-state index < -0.39 is 35.0 Å². The van der Waals surface area contributed by atoms with Gasteiger partial charge >= 0.3 is 0 Å². The largest absolute Gasteiger partial charge is 0.391 e. The highest BCUT2D eigenvalue weighted by Gasteiger charge is 2.47. The van der Waals surface area contributed by atoms with Crippen LogP contribution in [0.4, 0.5) is 8.78 Å². The Morgan fingerprint density at radius 3 is 2.43 bits per heavy atom. The van der Waals surface area contributed by atoms with Crippen LogP contribution in [0.15, 0.2) is 72.3 Å². The summed E-state index contributed by atoms with van der Waals surface area (Å²) in [5.74, 6) is -3.32. The third-order valence-corrected chi connectivity index (χ3v) is 6.84. The summed E-state index contributed by atoms with van der Waals surface area (Å²) in [7, 11) is 1.69. The molecule has 0 aliphatic heterocycles. The summed E-state index contributed by atoms with van der Waals surface area (Å²) in [5.41, 5.74) is 6.19. The number of hydrogen-bond donors (Lipinski definition) is 3. The minimum atomic E-state index is -1.44. The van der Waals surface area contributed by atoms with Crippen LogP contribution in [0.5, 0.6) is 0 Å².